The maximum atomic E-state index is 3.90. The van der Waals surface area contributed by atoms with Crippen LogP contribution in [0.25, 0.3) is 0 Å². The summed E-state index contributed by atoms with van der Waals surface area (Å²) in [5.74, 6) is 0. The maximum absolute atomic E-state index is 3.90. The van der Waals surface area contributed by atoms with Crippen molar-refractivity contribution in [1.82, 2.24) is 0 Å². The third kappa shape index (κ3) is 10.8. The molecule has 2 N–H and O–H groups in total. The zero-order valence-corrected chi connectivity index (χ0v) is 4.59. The minimum atomic E-state index is 0. The molecule has 4 heavy (non-hydrogen) atoms. The molecule has 31 valence electrons. The van der Waals surface area contributed by atoms with Crippen molar-refractivity contribution in [1.29, 1.82) is 0 Å². The minimum absolute atomic E-state index is 0. The molecule has 0 aliphatic carbocycles. The Hall–Kier alpha value is 1.19. The average Bonchev–Trinajstić information content (AvgIpc) is 1.00. The van der Waals surface area contributed by atoms with Crippen LogP contribution in [0, 0.1) is 0 Å². The van der Waals surface area contributed by atoms with E-state index < -0.39 is 0 Å². The monoisotopic (exact) mass is 163 g/mol. The van der Waals surface area contributed by atoms with Crippen molar-refractivity contribution in [3.63, 3.8) is 0 Å². The van der Waals surface area contributed by atoms with Crippen molar-refractivity contribution >= 4 is 10.6 Å². The van der Waals surface area contributed by atoms with Crippen LogP contribution in [0.2, 0.25) is 0 Å². The van der Waals surface area contributed by atoms with Gasteiger partial charge in [-0.05, 0) is 0 Å². The zero-order valence-electron chi connectivity index (χ0n) is 1.60. The molecule has 0 unspecified atom stereocenters. The molecule has 0 bridgehead atoms. The van der Waals surface area contributed by atoms with E-state index in [4.69, 9.17) is 0 Å². The first-order valence-corrected chi connectivity index (χ1v) is 1.91. The van der Waals surface area contributed by atoms with E-state index in [1.54, 1.807) is 0 Å². The van der Waals surface area contributed by atoms with Gasteiger partial charge in [0.2, 0.25) is 0 Å². The fourth-order valence-electron chi connectivity index (χ4n) is 0. The molecule has 0 aromatic rings. The van der Waals surface area contributed by atoms with Gasteiger partial charge in [-0.3, -0.25) is 0 Å². The molecule has 0 amide bonds. The molecule has 0 radical (unpaired) electrons. The van der Waals surface area contributed by atoms with Gasteiger partial charge in [-0.2, -0.15) is 0 Å². The van der Waals surface area contributed by atoms with Gasteiger partial charge in [-0.15, -0.1) is 0 Å². The Labute approximate surface area is 47.1 Å². The summed E-state index contributed by atoms with van der Waals surface area (Å²) in [7, 11) is 3.90. The molecular formula is H2MnNiOS. The van der Waals surface area contributed by atoms with Gasteiger partial charge in [-0.1, -0.05) is 0 Å². The van der Waals surface area contributed by atoms with Crippen LogP contribution >= 0.6 is 10.6 Å². The molecule has 0 saturated carbocycles. The second-order valence-corrected chi connectivity index (χ2v) is 0. The van der Waals surface area contributed by atoms with Crippen LogP contribution in [-0.2, 0) is 30.9 Å². The summed E-state index contributed by atoms with van der Waals surface area (Å²) in [5.41, 5.74) is 0. The van der Waals surface area contributed by atoms with E-state index in [0.717, 1.165) is 0 Å². The van der Waals surface area contributed by atoms with E-state index in [-0.39, 0.29) is 22.0 Å². The summed E-state index contributed by atoms with van der Waals surface area (Å²) in [5, 5.41) is 0. The molecule has 0 aromatic carbocycles. The summed E-state index contributed by atoms with van der Waals surface area (Å²) < 4.78 is 0. The third-order valence-corrected chi connectivity index (χ3v) is 0. The summed E-state index contributed by atoms with van der Waals surface area (Å²) in [6.07, 6.45) is 0. The van der Waals surface area contributed by atoms with Crippen LogP contribution in [0.4, 0.5) is 0 Å². The Morgan fingerprint density at radius 2 is 1.25 bits per heavy atom. The van der Waals surface area contributed by atoms with Crippen LogP contribution < -0.4 is 0 Å². The molecule has 1 nitrogen and oxygen atoms in total. The van der Waals surface area contributed by atoms with E-state index in [1.807, 2.05) is 0 Å². The van der Waals surface area contributed by atoms with Crippen LogP contribution in [0.5, 0.6) is 0 Å². The fraction of sp³-hybridized carbons (Fsp3) is 0. The van der Waals surface area contributed by atoms with Crippen LogP contribution in [0.3, 0.4) is 0 Å². The third-order valence-electron chi connectivity index (χ3n) is 0. The molecule has 0 aliphatic rings. The molecule has 0 aliphatic heterocycles. The van der Waals surface area contributed by atoms with Gasteiger partial charge in [-0.25, -0.2) is 0 Å². The van der Waals surface area contributed by atoms with E-state index in [1.165, 1.54) is 0 Å². The van der Waals surface area contributed by atoms with Gasteiger partial charge in [0.1, 0.15) is 0 Å². The second kappa shape index (κ2) is 30.0. The summed E-state index contributed by atoms with van der Waals surface area (Å²) in [4.78, 5) is 0. The first-order valence-electron chi connectivity index (χ1n) is 0.154. The molecule has 0 heterocycles. The van der Waals surface area contributed by atoms with E-state index in [9.17, 15) is 0 Å². The van der Waals surface area contributed by atoms with Crippen molar-refractivity contribution < 1.29 is 36.4 Å². The average molecular weight is 164 g/mol. The van der Waals surface area contributed by atoms with E-state index in [0.29, 0.717) is 0 Å². The Bertz CT molecular complexity index is 8.00. The molecule has 0 aromatic heterocycles. The van der Waals surface area contributed by atoms with Crippen molar-refractivity contribution in [3.8, 4) is 0 Å². The standard InChI is InChI=1S/Mn.Ni.H2O.S/h;;1H2;. The van der Waals surface area contributed by atoms with Gasteiger partial charge in [0.25, 0.3) is 0 Å². The molecule has 0 saturated heterocycles. The Morgan fingerprint density at radius 1 is 1.25 bits per heavy atom. The Morgan fingerprint density at radius 3 is 1.25 bits per heavy atom. The predicted octanol–water partition coefficient (Wildman–Crippen LogP) is -0.181. The van der Waals surface area contributed by atoms with Gasteiger partial charge in [0.15, 0.2) is 0 Å². The fourth-order valence-corrected chi connectivity index (χ4v) is 0. The Kier molecular flexibility index (Phi) is 143. The van der Waals surface area contributed by atoms with Gasteiger partial charge < -0.3 is 5.48 Å². The number of rotatable bonds is 0. The van der Waals surface area contributed by atoms with Crippen molar-refractivity contribution in [2.75, 3.05) is 0 Å². The second-order valence-electron chi connectivity index (χ2n) is 0. The molecular weight excluding hydrogens is 162 g/mol. The van der Waals surface area contributed by atoms with Crippen LogP contribution in [0.1, 0.15) is 0 Å². The first kappa shape index (κ1) is 19.0. The molecule has 4 heteroatoms. The first-order chi connectivity index (χ1) is 1.00. The summed E-state index contributed by atoms with van der Waals surface area (Å²) in [6, 6.07) is 0. The molecule has 0 fully saturated rings. The van der Waals surface area contributed by atoms with Crippen LogP contribution in [-0.4, -0.2) is 5.48 Å². The van der Waals surface area contributed by atoms with Crippen molar-refractivity contribution in [2.24, 2.45) is 0 Å². The normalized spacial score (nSPS) is 1.00. The SMILES string of the molecule is O.[Ni].[S]=[Mn]. The Balaban J connectivity index is -0.00000000500. The van der Waals surface area contributed by atoms with E-state index >= 15 is 0 Å². The summed E-state index contributed by atoms with van der Waals surface area (Å²) >= 11 is 2.52. The topological polar surface area (TPSA) is 31.5 Å². The summed E-state index contributed by atoms with van der Waals surface area (Å²) in [6.45, 7) is 0. The van der Waals surface area contributed by atoms with Gasteiger partial charge in [0.05, 0.1) is 0 Å². The number of hydrogen-bond acceptors (Lipinski definition) is 1. The quantitative estimate of drug-likeness (QED) is 0.456. The van der Waals surface area contributed by atoms with E-state index in [2.05, 4.69) is 24.9 Å². The predicted molar refractivity (Wildman–Crippen MR) is 11.2 cm³/mol. The van der Waals surface area contributed by atoms with Crippen molar-refractivity contribution in [3.05, 3.63) is 0 Å². The zero-order chi connectivity index (χ0) is 2.00. The molecule has 0 atom stereocenters. The molecule has 0 rings (SSSR count). The van der Waals surface area contributed by atoms with Gasteiger partial charge >= 0.3 is 24.9 Å². The van der Waals surface area contributed by atoms with Crippen molar-refractivity contribution in [2.45, 2.75) is 0 Å². The van der Waals surface area contributed by atoms with Crippen LogP contribution in [0.15, 0.2) is 0 Å². The number of hydrogen-bond donors (Lipinski definition) is 0. The molecule has 0 spiro atoms. The van der Waals surface area contributed by atoms with Gasteiger partial charge in [0, 0.05) is 16.5 Å².